The van der Waals surface area contributed by atoms with Crippen LogP contribution in [0.15, 0.2) is 30.3 Å². The number of methoxy groups -OCH3 is 1. The van der Waals surface area contributed by atoms with Gasteiger partial charge in [0.15, 0.2) is 0 Å². The third kappa shape index (κ3) is 3.10. The van der Waals surface area contributed by atoms with Gasteiger partial charge in [0.05, 0.1) is 11.4 Å². The molecular formula is C17H20ClNOS. The summed E-state index contributed by atoms with van der Waals surface area (Å²) < 4.78 is 6.14. The summed E-state index contributed by atoms with van der Waals surface area (Å²) in [7, 11) is 1.70. The number of nitrogens with one attached hydrogen (secondary N) is 1. The van der Waals surface area contributed by atoms with Crippen LogP contribution in [0, 0.1) is 0 Å². The van der Waals surface area contributed by atoms with Gasteiger partial charge in [-0.15, -0.1) is 11.3 Å². The second-order valence-electron chi connectivity index (χ2n) is 5.42. The first-order valence-electron chi connectivity index (χ1n) is 7.39. The number of ether oxygens (including phenoxy) is 1. The molecule has 2 atom stereocenters. The van der Waals surface area contributed by atoms with Gasteiger partial charge >= 0.3 is 0 Å². The molecule has 0 spiro atoms. The van der Waals surface area contributed by atoms with Crippen molar-refractivity contribution in [3.63, 3.8) is 0 Å². The van der Waals surface area contributed by atoms with Crippen LogP contribution >= 0.6 is 22.9 Å². The molecule has 1 aliphatic rings. The van der Waals surface area contributed by atoms with Gasteiger partial charge in [0.1, 0.15) is 5.75 Å². The molecule has 1 aromatic carbocycles. The molecule has 0 saturated heterocycles. The molecule has 0 saturated carbocycles. The molecule has 0 radical (unpaired) electrons. The third-order valence-electron chi connectivity index (χ3n) is 4.18. The molecule has 0 bridgehead atoms. The van der Waals surface area contributed by atoms with Gasteiger partial charge in [-0.3, -0.25) is 0 Å². The number of hydrogen-bond acceptors (Lipinski definition) is 3. The first-order chi connectivity index (χ1) is 10.2. The van der Waals surface area contributed by atoms with Crippen LogP contribution < -0.4 is 10.1 Å². The van der Waals surface area contributed by atoms with Crippen molar-refractivity contribution in [2.45, 2.75) is 38.3 Å². The van der Waals surface area contributed by atoms with Crippen molar-refractivity contribution in [2.24, 2.45) is 0 Å². The fraction of sp³-hybridized carbons (Fsp3) is 0.412. The Morgan fingerprint density at radius 1 is 1.38 bits per heavy atom. The SMILES string of the molecule is CCC(NC1CCc2sc(Cl)cc21)c1ccc(OC)cc1. The number of rotatable bonds is 5. The van der Waals surface area contributed by atoms with Crippen LogP contribution in [0.3, 0.4) is 0 Å². The van der Waals surface area contributed by atoms with E-state index in [1.165, 1.54) is 22.4 Å². The fourth-order valence-corrected chi connectivity index (χ4v) is 4.39. The zero-order valence-electron chi connectivity index (χ0n) is 12.4. The minimum absolute atomic E-state index is 0.366. The van der Waals surface area contributed by atoms with E-state index in [9.17, 15) is 0 Å². The summed E-state index contributed by atoms with van der Waals surface area (Å²) in [6.45, 7) is 2.22. The first kappa shape index (κ1) is 14.9. The largest absolute Gasteiger partial charge is 0.497 e. The lowest BCUT2D eigenvalue weighted by Gasteiger charge is -2.23. The Hall–Kier alpha value is -1.03. The zero-order chi connectivity index (χ0) is 14.8. The fourth-order valence-electron chi connectivity index (χ4n) is 3.03. The van der Waals surface area contributed by atoms with Gasteiger partial charge < -0.3 is 10.1 Å². The molecule has 3 rings (SSSR count). The first-order valence-corrected chi connectivity index (χ1v) is 8.58. The number of aryl methyl sites for hydroxylation is 1. The Morgan fingerprint density at radius 2 is 2.14 bits per heavy atom. The second-order valence-corrected chi connectivity index (χ2v) is 7.19. The zero-order valence-corrected chi connectivity index (χ0v) is 13.9. The summed E-state index contributed by atoms with van der Waals surface area (Å²) in [4.78, 5) is 1.45. The summed E-state index contributed by atoms with van der Waals surface area (Å²) in [5, 5.41) is 3.80. The van der Waals surface area contributed by atoms with Crippen LogP contribution in [0.25, 0.3) is 0 Å². The van der Waals surface area contributed by atoms with E-state index in [0.29, 0.717) is 12.1 Å². The lowest BCUT2D eigenvalue weighted by molar-refractivity contribution is 0.412. The molecule has 2 aromatic rings. The predicted molar refractivity (Wildman–Crippen MR) is 89.6 cm³/mol. The summed E-state index contributed by atoms with van der Waals surface area (Å²) >= 11 is 7.87. The number of fused-ring (bicyclic) bond motifs is 1. The Morgan fingerprint density at radius 3 is 2.81 bits per heavy atom. The maximum Gasteiger partial charge on any atom is 0.118 e. The Bertz CT molecular complexity index is 608. The summed E-state index contributed by atoms with van der Waals surface area (Å²) in [6, 6.07) is 11.3. The topological polar surface area (TPSA) is 21.3 Å². The molecular weight excluding hydrogens is 302 g/mol. The predicted octanol–water partition coefficient (Wildman–Crippen LogP) is 5.14. The molecule has 1 N–H and O–H groups in total. The number of thiophene rings is 1. The summed E-state index contributed by atoms with van der Waals surface area (Å²) in [6.07, 6.45) is 3.38. The van der Waals surface area contributed by atoms with E-state index in [0.717, 1.165) is 22.9 Å². The van der Waals surface area contributed by atoms with Crippen LogP contribution in [0.5, 0.6) is 5.75 Å². The highest BCUT2D eigenvalue weighted by Gasteiger charge is 2.27. The summed E-state index contributed by atoms with van der Waals surface area (Å²) in [5.41, 5.74) is 2.71. The second kappa shape index (κ2) is 6.39. The van der Waals surface area contributed by atoms with Crippen LogP contribution in [-0.2, 0) is 6.42 Å². The smallest absolute Gasteiger partial charge is 0.118 e. The van der Waals surface area contributed by atoms with Crippen molar-refractivity contribution in [1.82, 2.24) is 5.32 Å². The van der Waals surface area contributed by atoms with E-state index in [4.69, 9.17) is 16.3 Å². The average molecular weight is 322 g/mol. The average Bonchev–Trinajstić information content (AvgIpc) is 3.04. The molecule has 21 heavy (non-hydrogen) atoms. The Kier molecular flexibility index (Phi) is 4.53. The van der Waals surface area contributed by atoms with Gasteiger partial charge in [-0.1, -0.05) is 30.7 Å². The maximum absolute atomic E-state index is 6.14. The van der Waals surface area contributed by atoms with Gasteiger partial charge in [-0.05, 0) is 48.6 Å². The highest BCUT2D eigenvalue weighted by Crippen LogP contribution is 2.40. The summed E-state index contributed by atoms with van der Waals surface area (Å²) in [5.74, 6) is 0.904. The third-order valence-corrected chi connectivity index (χ3v) is 5.52. The highest BCUT2D eigenvalue weighted by atomic mass is 35.5. The van der Waals surface area contributed by atoms with E-state index < -0.39 is 0 Å². The molecule has 0 aliphatic heterocycles. The lowest BCUT2D eigenvalue weighted by Crippen LogP contribution is -2.24. The Balaban J connectivity index is 1.75. The van der Waals surface area contributed by atoms with E-state index in [1.807, 2.05) is 12.1 Å². The highest BCUT2D eigenvalue weighted by molar-refractivity contribution is 7.16. The molecule has 112 valence electrons. The van der Waals surface area contributed by atoms with Gasteiger partial charge in [0.2, 0.25) is 0 Å². The van der Waals surface area contributed by atoms with Crippen molar-refractivity contribution in [3.05, 3.63) is 50.7 Å². The van der Waals surface area contributed by atoms with Crippen molar-refractivity contribution >= 4 is 22.9 Å². The maximum atomic E-state index is 6.14. The molecule has 1 heterocycles. The molecule has 0 fully saturated rings. The van der Waals surface area contributed by atoms with Crippen LogP contribution in [0.4, 0.5) is 0 Å². The van der Waals surface area contributed by atoms with E-state index in [2.05, 4.69) is 30.4 Å². The standard InChI is InChI=1S/C17H20ClNOS/c1-3-14(11-4-6-12(20-2)7-5-11)19-15-8-9-16-13(15)10-17(18)21-16/h4-7,10,14-15,19H,3,8-9H2,1-2H3. The molecule has 1 aromatic heterocycles. The van der Waals surface area contributed by atoms with E-state index in [-0.39, 0.29) is 0 Å². The minimum atomic E-state index is 0.366. The van der Waals surface area contributed by atoms with Crippen LogP contribution in [0.2, 0.25) is 4.34 Å². The number of halogens is 1. The van der Waals surface area contributed by atoms with E-state index in [1.54, 1.807) is 18.4 Å². The van der Waals surface area contributed by atoms with Crippen molar-refractivity contribution < 1.29 is 4.74 Å². The van der Waals surface area contributed by atoms with E-state index >= 15 is 0 Å². The quantitative estimate of drug-likeness (QED) is 0.823. The molecule has 1 aliphatic carbocycles. The van der Waals surface area contributed by atoms with Gasteiger partial charge in [-0.25, -0.2) is 0 Å². The van der Waals surface area contributed by atoms with Crippen LogP contribution in [0.1, 0.15) is 47.9 Å². The molecule has 0 amide bonds. The van der Waals surface area contributed by atoms with Gasteiger partial charge in [0.25, 0.3) is 0 Å². The molecule has 2 nitrogen and oxygen atoms in total. The minimum Gasteiger partial charge on any atom is -0.497 e. The van der Waals surface area contributed by atoms with Crippen LogP contribution in [-0.4, -0.2) is 7.11 Å². The van der Waals surface area contributed by atoms with Crippen molar-refractivity contribution in [2.75, 3.05) is 7.11 Å². The monoisotopic (exact) mass is 321 g/mol. The normalized spacial score (nSPS) is 18.5. The van der Waals surface area contributed by atoms with Crippen molar-refractivity contribution in [3.8, 4) is 5.75 Å². The lowest BCUT2D eigenvalue weighted by atomic mass is 10.0. The molecule has 2 unspecified atom stereocenters. The van der Waals surface area contributed by atoms with Gasteiger partial charge in [0, 0.05) is 17.0 Å². The molecule has 4 heteroatoms. The number of benzene rings is 1. The number of hydrogen-bond donors (Lipinski definition) is 1. The van der Waals surface area contributed by atoms with Crippen molar-refractivity contribution in [1.29, 1.82) is 0 Å². The van der Waals surface area contributed by atoms with Gasteiger partial charge in [-0.2, -0.15) is 0 Å². The Labute approximate surface area is 135 Å².